The van der Waals surface area contributed by atoms with E-state index >= 15 is 0 Å². The number of aromatic nitrogens is 2. The van der Waals surface area contributed by atoms with Crippen molar-refractivity contribution in [2.45, 2.75) is 0 Å². The molecule has 0 atom stereocenters. The van der Waals surface area contributed by atoms with E-state index in [1.54, 1.807) is 0 Å². The summed E-state index contributed by atoms with van der Waals surface area (Å²) in [5.74, 6) is 0. The second kappa shape index (κ2) is 14.6. The third-order valence-electron chi connectivity index (χ3n) is 13.3. The quantitative estimate of drug-likeness (QED) is 0.128. The molecule has 0 radical (unpaired) electrons. The lowest BCUT2D eigenvalue weighted by molar-refractivity contribution is 1.41. The first-order chi connectivity index (χ1) is 31.8. The third-order valence-corrected chi connectivity index (χ3v) is 13.3. The Hall–Kier alpha value is -8.46. The second-order valence-electron chi connectivity index (χ2n) is 16.8. The van der Waals surface area contributed by atoms with Crippen molar-refractivity contribution in [2.75, 3.05) is 0 Å². The molecule has 0 fully saturated rings. The van der Waals surface area contributed by atoms with Gasteiger partial charge in [-0.2, -0.15) is 0 Å². The monoisotopic (exact) mass is 810 g/mol. The minimum absolute atomic E-state index is 0.974. The fourth-order valence-electron chi connectivity index (χ4n) is 10.5. The molecule has 0 aliphatic heterocycles. The van der Waals surface area contributed by atoms with E-state index in [4.69, 9.17) is 9.97 Å². The van der Waals surface area contributed by atoms with Crippen molar-refractivity contribution < 1.29 is 0 Å². The minimum atomic E-state index is 0.974. The van der Waals surface area contributed by atoms with Gasteiger partial charge in [0.15, 0.2) is 0 Å². The molecular weight excluding hydrogens is 773 g/mol. The minimum Gasteiger partial charge on any atom is -0.256 e. The first-order valence-electron chi connectivity index (χ1n) is 22.0. The van der Waals surface area contributed by atoms with Crippen LogP contribution < -0.4 is 0 Å². The van der Waals surface area contributed by atoms with Gasteiger partial charge in [-0.1, -0.05) is 170 Å². The summed E-state index contributed by atoms with van der Waals surface area (Å²) in [6.07, 6.45) is 3.79. The molecule has 2 heteroatoms. The molecule has 0 saturated carbocycles. The van der Waals surface area contributed by atoms with E-state index in [0.717, 1.165) is 32.9 Å². The normalized spacial score (nSPS) is 11.8. The fourth-order valence-corrected chi connectivity index (χ4v) is 10.5. The molecule has 2 heterocycles. The highest BCUT2D eigenvalue weighted by molar-refractivity contribution is 6.31. The van der Waals surface area contributed by atoms with Crippen molar-refractivity contribution in [1.29, 1.82) is 0 Å². The van der Waals surface area contributed by atoms with E-state index in [0.29, 0.717) is 0 Å². The predicted molar refractivity (Wildman–Crippen MR) is 272 cm³/mol. The zero-order valence-electron chi connectivity index (χ0n) is 34.8. The van der Waals surface area contributed by atoms with Crippen LogP contribution in [0.4, 0.5) is 0 Å². The van der Waals surface area contributed by atoms with E-state index in [1.165, 1.54) is 98.4 Å². The highest BCUT2D eigenvalue weighted by atomic mass is 14.6. The SMILES string of the molecule is c1ccc(-c2ccc3c(-c4cccc5ncccc45)c4cc5c(-c6ccccc6)c(-c6ccc7ccccc7c6)c6ccccc6c5cc4c(-c4cccc5ncccc45)c3c2)cc1. The van der Waals surface area contributed by atoms with Gasteiger partial charge in [0.25, 0.3) is 0 Å². The fraction of sp³-hybridized carbons (Fsp3) is 0. The van der Waals surface area contributed by atoms with Gasteiger partial charge < -0.3 is 0 Å². The molecule has 0 unspecified atom stereocenters. The molecule has 2 nitrogen and oxygen atoms in total. The smallest absolute Gasteiger partial charge is 0.0708 e. The molecule has 0 aliphatic rings. The summed E-state index contributed by atoms with van der Waals surface area (Å²) in [5.41, 5.74) is 13.9. The molecule has 0 amide bonds. The lowest BCUT2D eigenvalue weighted by atomic mass is 9.80. The Bertz CT molecular complexity index is 3990. The molecule has 0 spiro atoms. The standard InChI is InChI=1S/C62H38N2/c1-3-15-39(16-4-1)43-31-32-51-53(36-43)62(50-24-12-28-58-47(50)26-14-34-64-58)55-37-52-45-21-9-10-22-48(45)60(44-30-29-40-17-7-8-20-42(40)35-44)59(41-18-5-2-6-19-41)54(52)38-56(55)61(51)49-23-11-27-57-46(49)25-13-33-63-57/h1-38H. The first kappa shape index (κ1) is 36.2. The molecule has 0 saturated heterocycles. The topological polar surface area (TPSA) is 25.8 Å². The van der Waals surface area contributed by atoms with Gasteiger partial charge in [0.2, 0.25) is 0 Å². The average Bonchev–Trinajstić information content (AvgIpc) is 3.37. The molecule has 13 aromatic rings. The van der Waals surface area contributed by atoms with Crippen LogP contribution in [0.1, 0.15) is 0 Å². The van der Waals surface area contributed by atoms with Crippen LogP contribution in [0, 0.1) is 0 Å². The number of fused-ring (bicyclic) bond motifs is 8. The van der Waals surface area contributed by atoms with Gasteiger partial charge in [-0.25, -0.2) is 0 Å². The molecule has 13 rings (SSSR count). The summed E-state index contributed by atoms with van der Waals surface area (Å²) < 4.78 is 0. The summed E-state index contributed by atoms with van der Waals surface area (Å²) in [6, 6.07) is 80.2. The second-order valence-corrected chi connectivity index (χ2v) is 16.8. The van der Waals surface area contributed by atoms with Crippen LogP contribution in [0.5, 0.6) is 0 Å². The number of hydrogen-bond donors (Lipinski definition) is 0. The van der Waals surface area contributed by atoms with E-state index in [1.807, 2.05) is 12.4 Å². The van der Waals surface area contributed by atoms with Crippen molar-refractivity contribution in [2.24, 2.45) is 0 Å². The van der Waals surface area contributed by atoms with Gasteiger partial charge in [0.05, 0.1) is 11.0 Å². The lowest BCUT2D eigenvalue weighted by Gasteiger charge is -2.23. The highest BCUT2D eigenvalue weighted by Crippen LogP contribution is 2.52. The molecule has 0 bridgehead atoms. The van der Waals surface area contributed by atoms with Crippen molar-refractivity contribution in [3.8, 4) is 55.6 Å². The van der Waals surface area contributed by atoms with Gasteiger partial charge in [-0.3, -0.25) is 9.97 Å². The highest BCUT2D eigenvalue weighted by Gasteiger charge is 2.24. The predicted octanol–water partition coefficient (Wildman–Crippen LogP) is 16.9. The number of benzene rings is 11. The lowest BCUT2D eigenvalue weighted by Crippen LogP contribution is -1.96. The van der Waals surface area contributed by atoms with Gasteiger partial charge in [-0.15, -0.1) is 0 Å². The van der Waals surface area contributed by atoms with Crippen molar-refractivity contribution in [3.63, 3.8) is 0 Å². The summed E-state index contributed by atoms with van der Waals surface area (Å²) >= 11 is 0. The largest absolute Gasteiger partial charge is 0.256 e. The van der Waals surface area contributed by atoms with Crippen molar-refractivity contribution in [3.05, 3.63) is 231 Å². The summed E-state index contributed by atoms with van der Waals surface area (Å²) in [7, 11) is 0. The number of pyridine rings is 2. The maximum atomic E-state index is 4.88. The molecule has 2 aromatic heterocycles. The molecular formula is C62H38N2. The van der Waals surface area contributed by atoms with Gasteiger partial charge in [0.1, 0.15) is 0 Å². The Morgan fingerprint density at radius 1 is 0.219 bits per heavy atom. The molecule has 0 aliphatic carbocycles. The Labute approximate surface area is 370 Å². The summed E-state index contributed by atoms with van der Waals surface area (Å²) in [4.78, 5) is 9.76. The number of hydrogen-bond acceptors (Lipinski definition) is 2. The van der Waals surface area contributed by atoms with E-state index < -0.39 is 0 Å². The van der Waals surface area contributed by atoms with Crippen LogP contribution in [-0.4, -0.2) is 9.97 Å². The molecule has 0 N–H and O–H groups in total. The molecule has 296 valence electrons. The summed E-state index contributed by atoms with van der Waals surface area (Å²) in [6.45, 7) is 0. The van der Waals surface area contributed by atoms with E-state index in [2.05, 4.69) is 218 Å². The first-order valence-corrected chi connectivity index (χ1v) is 22.0. The van der Waals surface area contributed by atoms with Gasteiger partial charge >= 0.3 is 0 Å². The van der Waals surface area contributed by atoms with Gasteiger partial charge in [-0.05, 0) is 158 Å². The Kier molecular flexibility index (Phi) is 8.25. The van der Waals surface area contributed by atoms with Crippen LogP contribution in [0.25, 0.3) is 131 Å². The number of nitrogens with zero attached hydrogens (tertiary/aromatic N) is 2. The molecule has 11 aromatic carbocycles. The Morgan fingerprint density at radius 2 is 0.719 bits per heavy atom. The summed E-state index contributed by atoms with van der Waals surface area (Å²) in [5, 5.41) is 14.4. The van der Waals surface area contributed by atoms with Gasteiger partial charge in [0, 0.05) is 23.2 Å². The van der Waals surface area contributed by atoms with E-state index in [-0.39, 0.29) is 0 Å². The maximum absolute atomic E-state index is 4.88. The maximum Gasteiger partial charge on any atom is 0.0708 e. The zero-order chi connectivity index (χ0) is 42.1. The zero-order valence-corrected chi connectivity index (χ0v) is 34.8. The van der Waals surface area contributed by atoms with Crippen LogP contribution in [0.3, 0.4) is 0 Å². The van der Waals surface area contributed by atoms with Crippen LogP contribution in [-0.2, 0) is 0 Å². The molecule has 64 heavy (non-hydrogen) atoms. The number of rotatable bonds is 5. The third kappa shape index (κ3) is 5.66. The van der Waals surface area contributed by atoms with Crippen LogP contribution >= 0.6 is 0 Å². The Morgan fingerprint density at radius 3 is 1.42 bits per heavy atom. The van der Waals surface area contributed by atoms with E-state index in [9.17, 15) is 0 Å². The average molecular weight is 811 g/mol. The van der Waals surface area contributed by atoms with Crippen molar-refractivity contribution in [1.82, 2.24) is 9.97 Å². The van der Waals surface area contributed by atoms with Crippen LogP contribution in [0.2, 0.25) is 0 Å². The van der Waals surface area contributed by atoms with Crippen LogP contribution in [0.15, 0.2) is 231 Å². The van der Waals surface area contributed by atoms with Crippen molar-refractivity contribution >= 4 is 75.7 Å². The Balaban J connectivity index is 1.29.